The van der Waals surface area contributed by atoms with E-state index < -0.39 is 0 Å². The van der Waals surface area contributed by atoms with Gasteiger partial charge in [0.2, 0.25) is 5.91 Å². The number of carbonyl (C=O) groups is 1. The Balaban J connectivity index is 0.00000361. The minimum absolute atomic E-state index is 0. The van der Waals surface area contributed by atoms with Gasteiger partial charge in [-0.3, -0.25) is 14.6 Å². The van der Waals surface area contributed by atoms with Crippen LogP contribution < -0.4 is 14.4 Å². The predicted molar refractivity (Wildman–Crippen MR) is 151 cm³/mol. The maximum atomic E-state index is 12.7. The fourth-order valence-electron chi connectivity index (χ4n) is 4.07. The second-order valence-electron chi connectivity index (χ2n) is 8.57. The van der Waals surface area contributed by atoms with E-state index in [0.717, 1.165) is 52.2 Å². The number of thioether (sulfide) groups is 1. The Hall–Kier alpha value is -1.97. The van der Waals surface area contributed by atoms with Gasteiger partial charge in [-0.05, 0) is 56.7 Å². The van der Waals surface area contributed by atoms with Gasteiger partial charge in [0, 0.05) is 46.6 Å². The van der Waals surface area contributed by atoms with Crippen molar-refractivity contribution in [1.82, 2.24) is 9.88 Å². The Labute approximate surface area is 232 Å². The number of rotatable bonds is 10. The van der Waals surface area contributed by atoms with Crippen LogP contribution >= 0.6 is 47.1 Å². The maximum Gasteiger partial charge on any atom is 0.225 e. The van der Waals surface area contributed by atoms with Gasteiger partial charge in [0.05, 0.1) is 25.9 Å². The third kappa shape index (κ3) is 6.66. The molecule has 0 radical (unpaired) electrons. The number of ether oxygens (including phenoxy) is 2. The van der Waals surface area contributed by atoms with E-state index in [1.165, 1.54) is 0 Å². The highest BCUT2D eigenvalue weighted by molar-refractivity contribution is 8.00. The fourth-order valence-corrected chi connectivity index (χ4v) is 6.35. The van der Waals surface area contributed by atoms with Crippen molar-refractivity contribution in [2.75, 3.05) is 25.2 Å². The molecule has 0 spiro atoms. The number of methoxy groups -OCH3 is 1. The van der Waals surface area contributed by atoms with Crippen LogP contribution in [0.4, 0.5) is 5.69 Å². The molecule has 1 aliphatic rings. The third-order valence-corrected chi connectivity index (χ3v) is 8.14. The van der Waals surface area contributed by atoms with Crippen LogP contribution in [0.25, 0.3) is 0 Å². The molecule has 0 fully saturated rings. The zero-order valence-electron chi connectivity index (χ0n) is 20.8. The summed E-state index contributed by atoms with van der Waals surface area (Å²) in [5, 5.41) is 3.53. The number of aromatic nitrogens is 1. The van der Waals surface area contributed by atoms with Crippen molar-refractivity contribution < 1.29 is 14.3 Å². The van der Waals surface area contributed by atoms with Gasteiger partial charge in [-0.15, -0.1) is 23.7 Å². The molecule has 2 aromatic carbocycles. The lowest BCUT2D eigenvalue weighted by Gasteiger charge is -2.27. The number of halogens is 2. The normalized spacial score (nSPS) is 14.6. The van der Waals surface area contributed by atoms with E-state index in [1.54, 1.807) is 42.0 Å². The van der Waals surface area contributed by atoms with Gasteiger partial charge < -0.3 is 9.47 Å². The smallest absolute Gasteiger partial charge is 0.225 e. The van der Waals surface area contributed by atoms with Crippen molar-refractivity contribution in [2.45, 2.75) is 50.0 Å². The molecule has 6 nitrogen and oxygen atoms in total. The van der Waals surface area contributed by atoms with Crippen molar-refractivity contribution >= 4 is 58.7 Å². The highest BCUT2D eigenvalue weighted by Gasteiger charge is 2.36. The molecule has 1 aliphatic heterocycles. The van der Waals surface area contributed by atoms with Gasteiger partial charge in [-0.25, -0.2) is 4.98 Å². The fraction of sp³-hybridized carbons (Fsp3) is 0.385. The molecular weight excluding hydrogens is 537 g/mol. The molecule has 1 unspecified atom stereocenters. The van der Waals surface area contributed by atoms with Gasteiger partial charge in [0.1, 0.15) is 21.9 Å². The summed E-state index contributed by atoms with van der Waals surface area (Å²) in [7, 11) is 1.64. The summed E-state index contributed by atoms with van der Waals surface area (Å²) in [5.74, 6) is 1.44. The summed E-state index contributed by atoms with van der Waals surface area (Å²) < 4.78 is 11.8. The minimum Gasteiger partial charge on any atom is -0.497 e. The topological polar surface area (TPSA) is 54.9 Å². The van der Waals surface area contributed by atoms with Gasteiger partial charge >= 0.3 is 0 Å². The molecule has 3 aromatic rings. The molecule has 4 rings (SSSR count). The van der Waals surface area contributed by atoms with Crippen LogP contribution in [0, 0.1) is 0 Å². The molecular formula is C26H31Cl2N3O3S2. The van der Waals surface area contributed by atoms with Crippen LogP contribution in [-0.4, -0.2) is 42.1 Å². The summed E-state index contributed by atoms with van der Waals surface area (Å²) in [5.41, 5.74) is 1.76. The molecule has 0 bridgehead atoms. The van der Waals surface area contributed by atoms with Gasteiger partial charge in [-0.2, -0.15) is 0 Å². The molecule has 1 amide bonds. The molecule has 1 atom stereocenters. The number of fused-ring (bicyclic) bond motifs is 1. The number of anilines is 1. The van der Waals surface area contributed by atoms with Gasteiger partial charge in [-0.1, -0.05) is 23.4 Å². The average molecular weight is 569 g/mol. The van der Waals surface area contributed by atoms with E-state index in [2.05, 4.69) is 23.7 Å². The van der Waals surface area contributed by atoms with Crippen molar-refractivity contribution in [1.29, 1.82) is 0 Å². The van der Waals surface area contributed by atoms with Gasteiger partial charge in [0.15, 0.2) is 0 Å². The zero-order chi connectivity index (χ0) is 24.9. The van der Waals surface area contributed by atoms with Crippen molar-refractivity contribution in [3.8, 4) is 11.5 Å². The second-order valence-corrected chi connectivity index (χ2v) is 11.1. The number of benzene rings is 2. The first-order valence-electron chi connectivity index (χ1n) is 11.6. The minimum atomic E-state index is -0.261. The van der Waals surface area contributed by atoms with E-state index in [4.69, 9.17) is 21.1 Å². The molecule has 0 saturated carbocycles. The summed E-state index contributed by atoms with van der Waals surface area (Å²) in [6.45, 7) is 8.31. The second kappa shape index (κ2) is 13.0. The molecule has 194 valence electrons. The molecule has 0 N–H and O–H groups in total. The van der Waals surface area contributed by atoms with Crippen LogP contribution in [-0.2, 0) is 11.3 Å². The van der Waals surface area contributed by atoms with E-state index in [9.17, 15) is 4.79 Å². The number of carbonyl (C=O) groups excluding carboxylic acids is 1. The van der Waals surface area contributed by atoms with Crippen LogP contribution in [0.5, 0.6) is 11.5 Å². The Morgan fingerprint density at radius 2 is 2.06 bits per heavy atom. The lowest BCUT2D eigenvalue weighted by atomic mass is 10.1. The lowest BCUT2D eigenvalue weighted by molar-refractivity contribution is -0.116. The van der Waals surface area contributed by atoms with Crippen molar-refractivity contribution in [2.24, 2.45) is 0 Å². The van der Waals surface area contributed by atoms with Crippen LogP contribution in [0.15, 0.2) is 52.9 Å². The largest absolute Gasteiger partial charge is 0.497 e. The summed E-state index contributed by atoms with van der Waals surface area (Å²) >= 11 is 9.51. The van der Waals surface area contributed by atoms with Crippen LogP contribution in [0.3, 0.4) is 0 Å². The Bertz CT molecular complexity index is 1160. The summed E-state index contributed by atoms with van der Waals surface area (Å²) in [6.07, 6.45) is 2.73. The molecule has 36 heavy (non-hydrogen) atoms. The quantitative estimate of drug-likeness (QED) is 0.244. The molecule has 10 heteroatoms. The third-order valence-electron chi connectivity index (χ3n) is 5.88. The van der Waals surface area contributed by atoms with Crippen molar-refractivity contribution in [3.63, 3.8) is 0 Å². The molecule has 2 heterocycles. The number of hydrogen-bond donors (Lipinski definition) is 0. The highest BCUT2D eigenvalue weighted by Crippen LogP contribution is 2.54. The maximum absolute atomic E-state index is 12.7. The first-order valence-corrected chi connectivity index (χ1v) is 13.7. The SMILES string of the molecule is COc1ccc(OCCCN(Cc2nccs2)C(C)C)c(C2Sc3cc(Cl)ccc3N2C(C)=O)c1.Cl. The number of amides is 1. The number of hydrogen-bond acceptors (Lipinski definition) is 7. The summed E-state index contributed by atoms with van der Waals surface area (Å²) in [6, 6.07) is 11.8. The standard InChI is InChI=1S/C26H30ClN3O3S2.ClH/c1-17(2)29(16-25-28-10-13-34-25)11-5-12-33-23-9-7-20(32-4)15-21(23)26-30(18(3)31)22-8-6-19(27)14-24(22)35-26;/h6-10,13-15,17,26H,5,11-12,16H2,1-4H3;1H. The van der Waals surface area contributed by atoms with E-state index in [0.29, 0.717) is 17.7 Å². The zero-order valence-corrected chi connectivity index (χ0v) is 24.0. The Kier molecular flexibility index (Phi) is 10.3. The number of nitrogens with zero attached hydrogens (tertiary/aromatic N) is 3. The highest BCUT2D eigenvalue weighted by atomic mass is 35.5. The Morgan fingerprint density at radius 3 is 2.72 bits per heavy atom. The number of thiazole rings is 1. The first-order chi connectivity index (χ1) is 16.9. The Morgan fingerprint density at radius 1 is 1.25 bits per heavy atom. The average Bonchev–Trinajstić information content (AvgIpc) is 3.48. The van der Waals surface area contributed by atoms with Crippen LogP contribution in [0.2, 0.25) is 5.02 Å². The molecule has 1 aromatic heterocycles. The predicted octanol–water partition coefficient (Wildman–Crippen LogP) is 7.06. The molecule has 0 aliphatic carbocycles. The van der Waals surface area contributed by atoms with Crippen molar-refractivity contribution in [3.05, 3.63) is 63.6 Å². The van der Waals surface area contributed by atoms with E-state index >= 15 is 0 Å². The van der Waals surface area contributed by atoms with Gasteiger partial charge in [0.25, 0.3) is 0 Å². The first kappa shape index (κ1) is 28.6. The monoisotopic (exact) mass is 567 g/mol. The molecule has 0 saturated heterocycles. The summed E-state index contributed by atoms with van der Waals surface area (Å²) in [4.78, 5) is 22.3. The van der Waals surface area contributed by atoms with E-state index in [-0.39, 0.29) is 23.7 Å². The lowest BCUT2D eigenvalue weighted by Crippen LogP contribution is -2.32. The van der Waals surface area contributed by atoms with E-state index in [1.807, 2.05) is 48.0 Å². The van der Waals surface area contributed by atoms with Crippen LogP contribution in [0.1, 0.15) is 43.1 Å².